The number of nitrogens with zero attached hydrogens (tertiary/aromatic N) is 1. The third-order valence-electron chi connectivity index (χ3n) is 2.65. The summed E-state index contributed by atoms with van der Waals surface area (Å²) in [7, 11) is 0. The molecule has 0 amide bonds. The number of hydrogen-bond donors (Lipinski definition) is 0. The molecular formula is C14H15N. The fourth-order valence-corrected chi connectivity index (χ4v) is 1.85. The van der Waals surface area contributed by atoms with E-state index in [-0.39, 0.29) is 0 Å². The largest absolute Gasteiger partial charge is 0.256 e. The zero-order chi connectivity index (χ0) is 10.8. The Morgan fingerprint density at radius 2 is 1.73 bits per heavy atom. The average molecular weight is 197 g/mol. The Kier molecular flexibility index (Phi) is 2.55. The summed E-state index contributed by atoms with van der Waals surface area (Å²) < 4.78 is 0. The lowest BCUT2D eigenvalue weighted by atomic mass is 10.00. The summed E-state index contributed by atoms with van der Waals surface area (Å²) in [6.07, 6.45) is 1.85. The maximum atomic E-state index is 4.44. The van der Waals surface area contributed by atoms with Crippen LogP contribution in [-0.4, -0.2) is 4.98 Å². The first-order valence-electron chi connectivity index (χ1n) is 5.18. The van der Waals surface area contributed by atoms with Gasteiger partial charge in [-0.3, -0.25) is 4.98 Å². The van der Waals surface area contributed by atoms with Crippen LogP contribution < -0.4 is 0 Å². The normalized spacial score (nSPS) is 10.3. The minimum Gasteiger partial charge on any atom is -0.256 e. The van der Waals surface area contributed by atoms with Gasteiger partial charge in [0.1, 0.15) is 0 Å². The van der Waals surface area contributed by atoms with Gasteiger partial charge in [0.15, 0.2) is 0 Å². The van der Waals surface area contributed by atoms with Crippen LogP contribution >= 0.6 is 0 Å². The van der Waals surface area contributed by atoms with E-state index >= 15 is 0 Å². The molecular weight excluding hydrogens is 182 g/mol. The summed E-state index contributed by atoms with van der Waals surface area (Å²) >= 11 is 0. The second-order valence-electron chi connectivity index (χ2n) is 3.99. The van der Waals surface area contributed by atoms with Gasteiger partial charge < -0.3 is 0 Å². The fourth-order valence-electron chi connectivity index (χ4n) is 1.85. The Hall–Kier alpha value is -1.63. The molecule has 2 aromatic rings. The van der Waals surface area contributed by atoms with Crippen LogP contribution in [-0.2, 0) is 0 Å². The van der Waals surface area contributed by atoms with Gasteiger partial charge in [-0.15, -0.1) is 0 Å². The highest BCUT2D eigenvalue weighted by atomic mass is 14.7. The number of hydrogen-bond acceptors (Lipinski definition) is 1. The fraction of sp³-hybridized carbons (Fsp3) is 0.214. The molecule has 0 aliphatic rings. The molecule has 2 rings (SSSR count). The van der Waals surface area contributed by atoms with Crippen molar-refractivity contribution < 1.29 is 0 Å². The Bertz CT molecular complexity index is 486. The van der Waals surface area contributed by atoms with Crippen molar-refractivity contribution in [3.05, 3.63) is 53.2 Å². The number of pyridine rings is 1. The number of rotatable bonds is 1. The summed E-state index contributed by atoms with van der Waals surface area (Å²) in [4.78, 5) is 4.44. The molecule has 0 unspecified atom stereocenters. The van der Waals surface area contributed by atoms with Crippen molar-refractivity contribution in [2.45, 2.75) is 20.8 Å². The van der Waals surface area contributed by atoms with Crippen molar-refractivity contribution in [3.8, 4) is 11.3 Å². The zero-order valence-corrected chi connectivity index (χ0v) is 9.41. The van der Waals surface area contributed by atoms with E-state index in [1.807, 2.05) is 12.3 Å². The standard InChI is InChI=1S/C14H15N/c1-10-6-7-13(12(3)9-10)14-11(2)5-4-8-15-14/h4-9H,1-3H3. The minimum atomic E-state index is 1.09. The number of aromatic nitrogens is 1. The lowest BCUT2D eigenvalue weighted by Gasteiger charge is -2.08. The van der Waals surface area contributed by atoms with E-state index in [9.17, 15) is 0 Å². The lowest BCUT2D eigenvalue weighted by Crippen LogP contribution is -1.90. The molecule has 0 radical (unpaired) electrons. The minimum absolute atomic E-state index is 1.09. The second kappa shape index (κ2) is 3.85. The van der Waals surface area contributed by atoms with Crippen LogP contribution in [0.5, 0.6) is 0 Å². The molecule has 1 nitrogen and oxygen atoms in total. The van der Waals surface area contributed by atoms with Crippen molar-refractivity contribution >= 4 is 0 Å². The molecule has 76 valence electrons. The van der Waals surface area contributed by atoms with Gasteiger partial charge in [-0.05, 0) is 38.0 Å². The Morgan fingerprint density at radius 3 is 2.40 bits per heavy atom. The van der Waals surface area contributed by atoms with E-state index in [0.29, 0.717) is 0 Å². The molecule has 0 saturated carbocycles. The SMILES string of the molecule is Cc1ccc(-c2ncccc2C)c(C)c1. The van der Waals surface area contributed by atoms with E-state index in [1.165, 1.54) is 22.3 Å². The molecule has 1 heteroatoms. The van der Waals surface area contributed by atoms with Crippen molar-refractivity contribution in [2.24, 2.45) is 0 Å². The predicted molar refractivity (Wildman–Crippen MR) is 63.9 cm³/mol. The van der Waals surface area contributed by atoms with Crippen LogP contribution in [0.1, 0.15) is 16.7 Å². The van der Waals surface area contributed by atoms with Gasteiger partial charge in [0.2, 0.25) is 0 Å². The molecule has 1 aromatic heterocycles. The molecule has 0 saturated heterocycles. The highest BCUT2D eigenvalue weighted by molar-refractivity contribution is 5.66. The van der Waals surface area contributed by atoms with Gasteiger partial charge in [-0.2, -0.15) is 0 Å². The molecule has 0 atom stereocenters. The number of aryl methyl sites for hydroxylation is 3. The summed E-state index contributed by atoms with van der Waals surface area (Å²) in [5.41, 5.74) is 6.14. The molecule has 0 aliphatic carbocycles. The van der Waals surface area contributed by atoms with E-state index < -0.39 is 0 Å². The van der Waals surface area contributed by atoms with Crippen LogP contribution in [0.3, 0.4) is 0 Å². The summed E-state index contributed by atoms with van der Waals surface area (Å²) in [5, 5.41) is 0. The molecule has 0 fully saturated rings. The van der Waals surface area contributed by atoms with Crippen LogP contribution in [0.2, 0.25) is 0 Å². The third-order valence-corrected chi connectivity index (χ3v) is 2.65. The van der Waals surface area contributed by atoms with E-state index in [1.54, 1.807) is 0 Å². The first-order valence-corrected chi connectivity index (χ1v) is 5.18. The monoisotopic (exact) mass is 197 g/mol. The summed E-state index contributed by atoms with van der Waals surface area (Å²) in [6, 6.07) is 10.6. The van der Waals surface area contributed by atoms with Crippen LogP contribution in [0.25, 0.3) is 11.3 Å². The van der Waals surface area contributed by atoms with Gasteiger partial charge in [-0.1, -0.05) is 29.8 Å². The van der Waals surface area contributed by atoms with Crippen LogP contribution in [0.15, 0.2) is 36.5 Å². The Labute approximate surface area is 90.8 Å². The second-order valence-corrected chi connectivity index (χ2v) is 3.99. The van der Waals surface area contributed by atoms with Crippen molar-refractivity contribution in [1.82, 2.24) is 4.98 Å². The quantitative estimate of drug-likeness (QED) is 0.679. The van der Waals surface area contributed by atoms with Gasteiger partial charge >= 0.3 is 0 Å². The summed E-state index contributed by atoms with van der Waals surface area (Å²) in [6.45, 7) is 6.35. The van der Waals surface area contributed by atoms with E-state index in [4.69, 9.17) is 0 Å². The first kappa shape index (κ1) is 9.91. The Morgan fingerprint density at radius 1 is 0.933 bits per heavy atom. The first-order chi connectivity index (χ1) is 7.18. The van der Waals surface area contributed by atoms with Crippen molar-refractivity contribution in [2.75, 3.05) is 0 Å². The molecule has 1 aromatic carbocycles. The lowest BCUT2D eigenvalue weighted by molar-refractivity contribution is 1.25. The Balaban J connectivity index is 2.60. The van der Waals surface area contributed by atoms with Gasteiger partial charge in [0, 0.05) is 11.8 Å². The van der Waals surface area contributed by atoms with Crippen LogP contribution in [0.4, 0.5) is 0 Å². The smallest absolute Gasteiger partial charge is 0.0733 e. The van der Waals surface area contributed by atoms with Crippen LogP contribution in [0, 0.1) is 20.8 Å². The molecule has 15 heavy (non-hydrogen) atoms. The zero-order valence-electron chi connectivity index (χ0n) is 9.41. The number of benzene rings is 1. The van der Waals surface area contributed by atoms with Gasteiger partial charge in [0.25, 0.3) is 0 Å². The van der Waals surface area contributed by atoms with Gasteiger partial charge in [-0.25, -0.2) is 0 Å². The van der Waals surface area contributed by atoms with E-state index in [2.05, 4.69) is 50.0 Å². The highest BCUT2D eigenvalue weighted by Gasteiger charge is 2.05. The maximum absolute atomic E-state index is 4.44. The summed E-state index contributed by atoms with van der Waals surface area (Å²) in [5.74, 6) is 0. The molecule has 0 N–H and O–H groups in total. The predicted octanol–water partition coefficient (Wildman–Crippen LogP) is 3.67. The van der Waals surface area contributed by atoms with Gasteiger partial charge in [0.05, 0.1) is 5.69 Å². The molecule has 0 bridgehead atoms. The molecule has 0 spiro atoms. The maximum Gasteiger partial charge on any atom is 0.0733 e. The van der Waals surface area contributed by atoms with Crippen molar-refractivity contribution in [3.63, 3.8) is 0 Å². The molecule has 1 heterocycles. The third kappa shape index (κ3) is 1.91. The highest BCUT2D eigenvalue weighted by Crippen LogP contribution is 2.24. The van der Waals surface area contributed by atoms with E-state index in [0.717, 1.165) is 5.69 Å². The van der Waals surface area contributed by atoms with Crippen molar-refractivity contribution in [1.29, 1.82) is 0 Å². The average Bonchev–Trinajstić information content (AvgIpc) is 2.20. The topological polar surface area (TPSA) is 12.9 Å². The molecule has 0 aliphatic heterocycles.